The van der Waals surface area contributed by atoms with Crippen LogP contribution in [0.3, 0.4) is 0 Å². The zero-order valence-corrected chi connectivity index (χ0v) is 16.9. The van der Waals surface area contributed by atoms with Crippen molar-refractivity contribution in [2.75, 3.05) is 39.3 Å². The van der Waals surface area contributed by atoms with Crippen LogP contribution in [0.4, 0.5) is 0 Å². The number of likely N-dealkylation sites (tertiary alicyclic amines) is 1. The lowest BCUT2D eigenvalue weighted by molar-refractivity contribution is -0.123. The van der Waals surface area contributed by atoms with Gasteiger partial charge < -0.3 is 21.3 Å². The van der Waals surface area contributed by atoms with Gasteiger partial charge in [0.2, 0.25) is 5.91 Å². The number of hydrogen-bond donors (Lipinski definition) is 3. The maximum absolute atomic E-state index is 11.2. The molecule has 1 saturated carbocycles. The summed E-state index contributed by atoms with van der Waals surface area (Å²) in [6.07, 6.45) is 9.42. The summed E-state index contributed by atoms with van der Waals surface area (Å²) in [4.78, 5) is 18.5. The number of unbranched alkanes of at least 4 members (excludes halogenated alkanes) is 1. The van der Waals surface area contributed by atoms with Gasteiger partial charge in [0, 0.05) is 25.6 Å². The highest BCUT2D eigenvalue weighted by molar-refractivity contribution is 5.79. The molecule has 26 heavy (non-hydrogen) atoms. The molecule has 0 bridgehead atoms. The molecule has 0 atom stereocenters. The summed E-state index contributed by atoms with van der Waals surface area (Å²) < 4.78 is 0. The zero-order valence-electron chi connectivity index (χ0n) is 16.9. The van der Waals surface area contributed by atoms with Gasteiger partial charge in [-0.1, -0.05) is 13.3 Å². The van der Waals surface area contributed by atoms with E-state index in [1.165, 1.54) is 32.1 Å². The molecule has 1 aliphatic carbocycles. The molecule has 1 saturated heterocycles. The number of nitrogens with one attached hydrogen (secondary N) is 2. The van der Waals surface area contributed by atoms with Crippen molar-refractivity contribution in [1.82, 2.24) is 15.5 Å². The number of primary amides is 1. The summed E-state index contributed by atoms with van der Waals surface area (Å²) in [5.41, 5.74) is 5.87. The van der Waals surface area contributed by atoms with Gasteiger partial charge in [-0.2, -0.15) is 0 Å². The van der Waals surface area contributed by atoms with Gasteiger partial charge in [-0.25, -0.2) is 0 Å². The van der Waals surface area contributed by atoms with Gasteiger partial charge in [0.1, 0.15) is 0 Å². The van der Waals surface area contributed by atoms with Gasteiger partial charge in [0.15, 0.2) is 5.96 Å². The Balaban J connectivity index is 1.60. The Hall–Kier alpha value is -1.30. The highest BCUT2D eigenvalue weighted by Gasteiger charge is 2.34. The quantitative estimate of drug-likeness (QED) is 0.314. The number of guanidine groups is 1. The minimum absolute atomic E-state index is 0.0916. The van der Waals surface area contributed by atoms with Gasteiger partial charge in [-0.15, -0.1) is 0 Å². The van der Waals surface area contributed by atoms with E-state index in [-0.39, 0.29) is 11.8 Å². The van der Waals surface area contributed by atoms with Crippen LogP contribution < -0.4 is 16.4 Å². The molecule has 2 fully saturated rings. The molecule has 2 rings (SSSR count). The van der Waals surface area contributed by atoms with E-state index in [1.807, 2.05) is 0 Å². The first-order valence-corrected chi connectivity index (χ1v) is 10.6. The van der Waals surface area contributed by atoms with E-state index in [9.17, 15) is 4.79 Å². The normalized spacial score (nSPS) is 21.2. The summed E-state index contributed by atoms with van der Waals surface area (Å²) in [6.45, 7) is 10.3. The van der Waals surface area contributed by atoms with Crippen molar-refractivity contribution >= 4 is 11.9 Å². The Kier molecular flexibility index (Phi) is 8.69. The van der Waals surface area contributed by atoms with Crippen molar-refractivity contribution in [3.63, 3.8) is 0 Å². The van der Waals surface area contributed by atoms with Crippen LogP contribution in [0, 0.1) is 11.3 Å². The number of carbonyl (C=O) groups is 1. The molecule has 6 heteroatoms. The Bertz CT molecular complexity index is 448. The van der Waals surface area contributed by atoms with Gasteiger partial charge >= 0.3 is 0 Å². The van der Waals surface area contributed by atoms with E-state index in [0.717, 1.165) is 64.5 Å². The number of nitrogens with zero attached hydrogens (tertiary/aromatic N) is 2. The molecule has 150 valence electrons. The van der Waals surface area contributed by atoms with Crippen LogP contribution in [-0.2, 0) is 4.79 Å². The maximum atomic E-state index is 11.2. The smallest absolute Gasteiger partial charge is 0.220 e. The van der Waals surface area contributed by atoms with E-state index >= 15 is 0 Å². The summed E-state index contributed by atoms with van der Waals surface area (Å²) in [5, 5.41) is 6.85. The molecule has 4 N–H and O–H groups in total. The van der Waals surface area contributed by atoms with Crippen molar-refractivity contribution in [2.45, 2.75) is 65.2 Å². The third kappa shape index (κ3) is 6.45. The third-order valence-electron chi connectivity index (χ3n) is 6.26. The van der Waals surface area contributed by atoms with Crippen molar-refractivity contribution in [2.24, 2.45) is 22.1 Å². The van der Waals surface area contributed by atoms with Crippen molar-refractivity contribution in [1.29, 1.82) is 0 Å². The lowest BCUT2D eigenvalue weighted by Gasteiger charge is -2.40. The number of hydrogen-bond acceptors (Lipinski definition) is 3. The second kappa shape index (κ2) is 10.8. The van der Waals surface area contributed by atoms with Crippen molar-refractivity contribution < 1.29 is 4.79 Å². The summed E-state index contributed by atoms with van der Waals surface area (Å²) >= 11 is 0. The fourth-order valence-corrected chi connectivity index (χ4v) is 4.00. The fourth-order valence-electron chi connectivity index (χ4n) is 4.00. The van der Waals surface area contributed by atoms with Gasteiger partial charge in [0.05, 0.1) is 0 Å². The number of carbonyl (C=O) groups excluding carboxylic acids is 1. The lowest BCUT2D eigenvalue weighted by Crippen LogP contribution is -2.40. The molecular formula is C20H39N5O. The maximum Gasteiger partial charge on any atom is 0.220 e. The van der Waals surface area contributed by atoms with Crippen molar-refractivity contribution in [3.8, 4) is 0 Å². The lowest BCUT2D eigenvalue weighted by atomic mass is 9.67. The van der Waals surface area contributed by atoms with Crippen LogP contribution in [0.1, 0.15) is 65.2 Å². The summed E-state index contributed by atoms with van der Waals surface area (Å²) in [5.74, 6) is 0.930. The van der Waals surface area contributed by atoms with Gasteiger partial charge in [-0.3, -0.25) is 9.79 Å². The molecular weight excluding hydrogens is 326 g/mol. The highest BCUT2D eigenvalue weighted by Crippen LogP contribution is 2.43. The topological polar surface area (TPSA) is 82.8 Å². The van der Waals surface area contributed by atoms with Crippen LogP contribution in [-0.4, -0.2) is 56.0 Å². The average molecular weight is 366 g/mol. The van der Waals surface area contributed by atoms with E-state index in [4.69, 9.17) is 10.7 Å². The van der Waals surface area contributed by atoms with E-state index in [2.05, 4.69) is 29.4 Å². The van der Waals surface area contributed by atoms with Crippen LogP contribution in [0.2, 0.25) is 0 Å². The van der Waals surface area contributed by atoms with Crippen LogP contribution in [0.25, 0.3) is 0 Å². The molecule has 0 unspecified atom stereocenters. The predicted molar refractivity (Wildman–Crippen MR) is 108 cm³/mol. The molecule has 0 aromatic rings. The van der Waals surface area contributed by atoms with E-state index in [0.29, 0.717) is 5.41 Å². The Morgan fingerprint density at radius 2 is 1.92 bits per heavy atom. The summed E-state index contributed by atoms with van der Waals surface area (Å²) in [6, 6.07) is 0. The minimum atomic E-state index is -0.129. The number of rotatable bonds is 10. The molecule has 1 aliphatic heterocycles. The van der Waals surface area contributed by atoms with Crippen LogP contribution in [0.5, 0.6) is 0 Å². The molecule has 0 spiro atoms. The SMILES string of the molecule is CCNC(=NCC1(CC)CCC1)NCCCCN1CCC(C(N)=O)CC1. The standard InChI is InChI=1S/C20H39N5O/c1-3-20(10-7-11-20)16-24-19(22-4-2)23-12-5-6-13-25-14-8-17(9-15-25)18(21)26/h17H,3-16H2,1-2H3,(H2,21,26)(H2,22,23,24). The van der Waals surface area contributed by atoms with Crippen LogP contribution >= 0.6 is 0 Å². The first-order valence-electron chi connectivity index (χ1n) is 10.6. The second-order valence-electron chi connectivity index (χ2n) is 8.05. The Labute approximate surface area is 159 Å². The summed E-state index contributed by atoms with van der Waals surface area (Å²) in [7, 11) is 0. The molecule has 0 radical (unpaired) electrons. The molecule has 0 aromatic heterocycles. The van der Waals surface area contributed by atoms with Crippen LogP contribution in [0.15, 0.2) is 4.99 Å². The number of nitrogens with two attached hydrogens (primary N) is 1. The largest absolute Gasteiger partial charge is 0.369 e. The Morgan fingerprint density at radius 1 is 1.19 bits per heavy atom. The monoisotopic (exact) mass is 365 g/mol. The molecule has 1 amide bonds. The van der Waals surface area contributed by atoms with Gasteiger partial charge in [-0.05, 0) is 76.9 Å². The highest BCUT2D eigenvalue weighted by atomic mass is 16.1. The third-order valence-corrected chi connectivity index (χ3v) is 6.26. The Morgan fingerprint density at radius 3 is 2.46 bits per heavy atom. The van der Waals surface area contributed by atoms with Crippen molar-refractivity contribution in [3.05, 3.63) is 0 Å². The number of amides is 1. The zero-order chi connectivity index (χ0) is 18.8. The second-order valence-corrected chi connectivity index (χ2v) is 8.05. The average Bonchev–Trinajstić information content (AvgIpc) is 2.61. The van der Waals surface area contributed by atoms with E-state index < -0.39 is 0 Å². The number of aliphatic imine (C=N–C) groups is 1. The minimum Gasteiger partial charge on any atom is -0.369 e. The molecule has 2 aliphatic rings. The number of piperidine rings is 1. The fraction of sp³-hybridized carbons (Fsp3) is 0.900. The first-order chi connectivity index (χ1) is 12.6. The molecule has 0 aromatic carbocycles. The van der Waals surface area contributed by atoms with E-state index in [1.54, 1.807) is 0 Å². The molecule has 1 heterocycles. The van der Waals surface area contributed by atoms with Gasteiger partial charge in [0.25, 0.3) is 0 Å². The first kappa shape index (κ1) is 21.0. The predicted octanol–water partition coefficient (Wildman–Crippen LogP) is 2.10. The molecule has 6 nitrogen and oxygen atoms in total.